The molecule has 4 nitrogen and oxygen atoms in total. The van der Waals surface area contributed by atoms with E-state index in [1.54, 1.807) is 0 Å². The van der Waals surface area contributed by atoms with E-state index in [0.29, 0.717) is 23.0 Å². The molecule has 4 aromatic carbocycles. The minimum Gasteiger partial charge on any atom is -0.507 e. The molecule has 0 spiro atoms. The Hall–Kier alpha value is -3.21. The van der Waals surface area contributed by atoms with Crippen LogP contribution in [-0.2, 0) is 21.7 Å². The third-order valence-corrected chi connectivity index (χ3v) is 5.76. The van der Waals surface area contributed by atoms with Crippen molar-refractivity contribution in [3.8, 4) is 23.0 Å². The van der Waals surface area contributed by atoms with E-state index in [0.717, 1.165) is 44.5 Å². The third kappa shape index (κ3) is 11.2. The van der Waals surface area contributed by atoms with Gasteiger partial charge in [-0.3, -0.25) is 0 Å². The van der Waals surface area contributed by atoms with Crippen LogP contribution in [0.2, 0.25) is 0 Å². The van der Waals surface area contributed by atoms with Crippen molar-refractivity contribution in [1.82, 2.24) is 0 Å². The minimum absolute atomic E-state index is 0. The molecule has 0 aliphatic rings. The summed E-state index contributed by atoms with van der Waals surface area (Å²) >= 11 is 0. The van der Waals surface area contributed by atoms with Crippen LogP contribution in [-0.4, -0.2) is 20.4 Å². The third-order valence-electron chi connectivity index (χ3n) is 5.76. The predicted octanol–water partition coefficient (Wildman–Crippen LogP) is 8.03. The number of aromatic hydroxyl groups is 4. The van der Waals surface area contributed by atoms with Crippen molar-refractivity contribution >= 4 is 0 Å². The molecule has 5 heteroatoms. The first-order valence-electron chi connectivity index (χ1n) is 11.9. The largest absolute Gasteiger partial charge is 0.507 e. The van der Waals surface area contributed by atoms with Crippen LogP contribution in [0.25, 0.3) is 0 Å². The number of aryl methyl sites for hydroxylation is 8. The molecule has 0 bridgehead atoms. The van der Waals surface area contributed by atoms with Crippen LogP contribution in [0.3, 0.4) is 0 Å². The van der Waals surface area contributed by atoms with Crippen LogP contribution in [0, 0.1) is 55.4 Å². The van der Waals surface area contributed by atoms with Gasteiger partial charge in [0.15, 0.2) is 0 Å². The number of hydrogen-bond donors (Lipinski definition) is 4. The van der Waals surface area contributed by atoms with Gasteiger partial charge in [0, 0.05) is 21.7 Å². The molecule has 0 fully saturated rings. The molecule has 4 aromatic rings. The van der Waals surface area contributed by atoms with Gasteiger partial charge < -0.3 is 20.4 Å². The van der Waals surface area contributed by atoms with Crippen LogP contribution in [0.4, 0.5) is 0 Å². The summed E-state index contributed by atoms with van der Waals surface area (Å²) in [7, 11) is 0. The van der Waals surface area contributed by atoms with Crippen LogP contribution in [0.15, 0.2) is 72.8 Å². The van der Waals surface area contributed by atoms with E-state index < -0.39 is 0 Å². The summed E-state index contributed by atoms with van der Waals surface area (Å²) in [6.45, 7) is 15.1. The number of rotatable bonds is 0. The maximum atomic E-state index is 9.21. The van der Waals surface area contributed by atoms with Crippen molar-refractivity contribution in [2.24, 2.45) is 0 Å². The molecular weight excluding hydrogens is 496 g/mol. The van der Waals surface area contributed by atoms with Gasteiger partial charge in [0.05, 0.1) is 0 Å². The van der Waals surface area contributed by atoms with Crippen molar-refractivity contribution in [1.29, 1.82) is 0 Å². The molecule has 4 rings (SSSR count). The van der Waals surface area contributed by atoms with Gasteiger partial charge in [-0.15, -0.1) is 0 Å². The standard InChI is InChI=1S/4C8H10O.Ti/c4*1-6-4-3-5-7(2)8(6)9;/h4*3-5,9H,1-2H3;. The van der Waals surface area contributed by atoms with Gasteiger partial charge in [-0.25, -0.2) is 0 Å². The number of hydrogen-bond acceptors (Lipinski definition) is 4. The van der Waals surface area contributed by atoms with Gasteiger partial charge >= 0.3 is 0 Å². The van der Waals surface area contributed by atoms with Gasteiger partial charge in [0.1, 0.15) is 23.0 Å². The Morgan fingerprint density at radius 1 is 0.297 bits per heavy atom. The van der Waals surface area contributed by atoms with Crippen LogP contribution >= 0.6 is 0 Å². The molecule has 0 saturated carbocycles. The second-order valence-electron chi connectivity index (χ2n) is 8.96. The zero-order valence-electron chi connectivity index (χ0n) is 23.2. The Morgan fingerprint density at radius 3 is 0.486 bits per heavy atom. The zero-order chi connectivity index (χ0) is 27.4. The van der Waals surface area contributed by atoms with Gasteiger partial charge in [-0.2, -0.15) is 0 Å². The quantitative estimate of drug-likeness (QED) is 0.172. The smallest absolute Gasteiger partial charge is 0.121 e. The summed E-state index contributed by atoms with van der Waals surface area (Å²) in [5, 5.41) is 36.8. The fourth-order valence-electron chi connectivity index (χ4n) is 3.22. The van der Waals surface area contributed by atoms with Crippen molar-refractivity contribution < 1.29 is 42.1 Å². The first-order valence-corrected chi connectivity index (χ1v) is 11.9. The molecule has 4 N–H and O–H groups in total. The van der Waals surface area contributed by atoms with E-state index in [2.05, 4.69) is 0 Å². The molecule has 0 aliphatic carbocycles. The van der Waals surface area contributed by atoms with E-state index in [-0.39, 0.29) is 21.7 Å². The van der Waals surface area contributed by atoms with Crippen molar-refractivity contribution in [2.45, 2.75) is 55.4 Å². The van der Waals surface area contributed by atoms with E-state index >= 15 is 0 Å². The monoisotopic (exact) mass is 536 g/mol. The second-order valence-corrected chi connectivity index (χ2v) is 8.96. The summed E-state index contributed by atoms with van der Waals surface area (Å²) in [6.07, 6.45) is 0. The average Bonchev–Trinajstić information content (AvgIpc) is 2.84. The zero-order valence-corrected chi connectivity index (χ0v) is 24.8. The van der Waals surface area contributed by atoms with Crippen molar-refractivity contribution in [3.63, 3.8) is 0 Å². The normalized spacial score (nSPS) is 9.30. The van der Waals surface area contributed by atoms with Crippen LogP contribution < -0.4 is 0 Å². The number of para-hydroxylation sites is 4. The minimum atomic E-state index is 0. The number of phenols is 4. The Labute approximate surface area is 237 Å². The Bertz CT molecular complexity index is 987. The fraction of sp³-hybridized carbons (Fsp3) is 0.250. The molecule has 0 heterocycles. The van der Waals surface area contributed by atoms with E-state index in [1.165, 1.54) is 0 Å². The molecule has 37 heavy (non-hydrogen) atoms. The molecule has 0 unspecified atom stereocenters. The second kappa shape index (κ2) is 16.5. The van der Waals surface area contributed by atoms with E-state index in [1.807, 2.05) is 128 Å². The molecule has 0 amide bonds. The maximum Gasteiger partial charge on any atom is 0.121 e. The molecule has 196 valence electrons. The number of benzene rings is 4. The van der Waals surface area contributed by atoms with E-state index in [4.69, 9.17) is 0 Å². The molecule has 0 atom stereocenters. The maximum absolute atomic E-state index is 9.21. The SMILES string of the molecule is Cc1cccc(C)c1O.Cc1cccc(C)c1O.Cc1cccc(C)c1O.Cc1cccc(C)c1O.[Ti]. The fourth-order valence-corrected chi connectivity index (χ4v) is 3.22. The van der Waals surface area contributed by atoms with Crippen LogP contribution in [0.5, 0.6) is 23.0 Å². The molecular formula is C32H40O4Ti. The average molecular weight is 537 g/mol. The van der Waals surface area contributed by atoms with E-state index in [9.17, 15) is 20.4 Å². The van der Waals surface area contributed by atoms with Crippen molar-refractivity contribution in [3.05, 3.63) is 117 Å². The summed E-state index contributed by atoms with van der Waals surface area (Å²) in [5.41, 5.74) is 7.52. The summed E-state index contributed by atoms with van der Waals surface area (Å²) < 4.78 is 0. The molecule has 0 aliphatic heterocycles. The summed E-state index contributed by atoms with van der Waals surface area (Å²) in [4.78, 5) is 0. The van der Waals surface area contributed by atoms with Gasteiger partial charge in [-0.05, 0) is 99.9 Å². The number of phenolic OH excluding ortho intramolecular Hbond substituents is 4. The van der Waals surface area contributed by atoms with Gasteiger partial charge in [0.25, 0.3) is 0 Å². The van der Waals surface area contributed by atoms with Gasteiger partial charge in [0.2, 0.25) is 0 Å². The summed E-state index contributed by atoms with van der Waals surface area (Å²) in [5.74, 6) is 1.66. The Kier molecular flexibility index (Phi) is 15.1. The van der Waals surface area contributed by atoms with Gasteiger partial charge in [-0.1, -0.05) is 72.8 Å². The Balaban J connectivity index is 0.000000463. The molecule has 0 aromatic heterocycles. The van der Waals surface area contributed by atoms with Crippen LogP contribution in [0.1, 0.15) is 44.5 Å². The first-order chi connectivity index (χ1) is 16.9. The molecule has 0 radical (unpaired) electrons. The summed E-state index contributed by atoms with van der Waals surface area (Å²) in [6, 6.07) is 22.9. The van der Waals surface area contributed by atoms with Crippen molar-refractivity contribution in [2.75, 3.05) is 0 Å². The predicted molar refractivity (Wildman–Crippen MR) is 150 cm³/mol. The molecule has 0 saturated heterocycles. The first kappa shape index (κ1) is 33.8. The Morgan fingerprint density at radius 2 is 0.405 bits per heavy atom. The topological polar surface area (TPSA) is 80.9 Å².